The highest BCUT2D eigenvalue weighted by molar-refractivity contribution is 9.10. The van der Waals surface area contributed by atoms with Crippen LogP contribution >= 0.6 is 15.9 Å². The standard InChI is InChI=1S/C12H14BrN3/c1-8(2)7-16-11-4-3-9(13)5-10(11)15-12(16)6-14/h3-5H,1,6-7,14H2,2H3. The van der Waals surface area contributed by atoms with E-state index in [0.29, 0.717) is 6.54 Å². The van der Waals surface area contributed by atoms with Crippen molar-refractivity contribution < 1.29 is 0 Å². The lowest BCUT2D eigenvalue weighted by molar-refractivity contribution is 0.736. The monoisotopic (exact) mass is 279 g/mol. The van der Waals surface area contributed by atoms with Crippen LogP contribution in [0.3, 0.4) is 0 Å². The van der Waals surface area contributed by atoms with Crippen molar-refractivity contribution in [3.8, 4) is 0 Å². The number of benzene rings is 1. The quantitative estimate of drug-likeness (QED) is 0.878. The molecule has 0 spiro atoms. The molecule has 2 rings (SSSR count). The summed E-state index contributed by atoms with van der Waals surface area (Å²) in [4.78, 5) is 4.51. The number of allylic oxidation sites excluding steroid dienone is 1. The first-order valence-electron chi connectivity index (χ1n) is 5.11. The molecule has 2 aromatic rings. The minimum Gasteiger partial charge on any atom is -0.324 e. The van der Waals surface area contributed by atoms with Crippen LogP contribution in [0.5, 0.6) is 0 Å². The average Bonchev–Trinajstić information content (AvgIpc) is 2.55. The zero-order valence-corrected chi connectivity index (χ0v) is 10.8. The maximum atomic E-state index is 5.70. The molecule has 0 radical (unpaired) electrons. The highest BCUT2D eigenvalue weighted by Crippen LogP contribution is 2.21. The first-order chi connectivity index (χ1) is 7.61. The van der Waals surface area contributed by atoms with Crippen molar-refractivity contribution >= 4 is 27.0 Å². The molecule has 0 saturated heterocycles. The van der Waals surface area contributed by atoms with Crippen molar-refractivity contribution in [1.29, 1.82) is 0 Å². The molecule has 0 amide bonds. The van der Waals surface area contributed by atoms with Gasteiger partial charge in [0.1, 0.15) is 5.82 Å². The zero-order valence-electron chi connectivity index (χ0n) is 9.20. The first-order valence-corrected chi connectivity index (χ1v) is 5.90. The molecule has 1 heterocycles. The van der Waals surface area contributed by atoms with Gasteiger partial charge < -0.3 is 10.3 Å². The van der Waals surface area contributed by atoms with Crippen molar-refractivity contribution in [2.75, 3.05) is 0 Å². The fraction of sp³-hybridized carbons (Fsp3) is 0.250. The van der Waals surface area contributed by atoms with Gasteiger partial charge >= 0.3 is 0 Å². The third kappa shape index (κ3) is 2.03. The summed E-state index contributed by atoms with van der Waals surface area (Å²) in [6.07, 6.45) is 0. The van der Waals surface area contributed by atoms with Crippen molar-refractivity contribution in [2.45, 2.75) is 20.0 Å². The molecule has 0 saturated carbocycles. The van der Waals surface area contributed by atoms with Crippen molar-refractivity contribution in [1.82, 2.24) is 9.55 Å². The van der Waals surface area contributed by atoms with E-state index in [0.717, 1.165) is 33.4 Å². The largest absolute Gasteiger partial charge is 0.324 e. The van der Waals surface area contributed by atoms with Crippen LogP contribution in [0.2, 0.25) is 0 Å². The predicted molar refractivity (Wildman–Crippen MR) is 70.1 cm³/mol. The van der Waals surface area contributed by atoms with Gasteiger partial charge in [0.25, 0.3) is 0 Å². The van der Waals surface area contributed by atoms with Gasteiger partial charge in [-0.2, -0.15) is 0 Å². The lowest BCUT2D eigenvalue weighted by Gasteiger charge is -2.07. The van der Waals surface area contributed by atoms with E-state index in [1.807, 2.05) is 19.1 Å². The second-order valence-electron chi connectivity index (χ2n) is 3.91. The van der Waals surface area contributed by atoms with Gasteiger partial charge in [-0.25, -0.2) is 4.98 Å². The molecule has 3 nitrogen and oxygen atoms in total. The smallest absolute Gasteiger partial charge is 0.123 e. The van der Waals surface area contributed by atoms with E-state index < -0.39 is 0 Å². The first kappa shape index (κ1) is 11.4. The Balaban J connectivity index is 2.63. The summed E-state index contributed by atoms with van der Waals surface area (Å²) in [6, 6.07) is 6.07. The Morgan fingerprint density at radius 1 is 1.56 bits per heavy atom. The summed E-state index contributed by atoms with van der Waals surface area (Å²) in [5.41, 5.74) is 8.87. The zero-order chi connectivity index (χ0) is 11.7. The highest BCUT2D eigenvalue weighted by Gasteiger charge is 2.09. The lowest BCUT2D eigenvalue weighted by Crippen LogP contribution is -2.08. The van der Waals surface area contributed by atoms with E-state index in [9.17, 15) is 0 Å². The maximum absolute atomic E-state index is 5.70. The summed E-state index contributed by atoms with van der Waals surface area (Å²) >= 11 is 3.44. The van der Waals surface area contributed by atoms with Crippen molar-refractivity contribution in [3.63, 3.8) is 0 Å². The fourth-order valence-corrected chi connectivity index (χ4v) is 2.10. The Bertz CT molecular complexity index is 542. The van der Waals surface area contributed by atoms with Crippen LogP contribution in [0.4, 0.5) is 0 Å². The summed E-state index contributed by atoms with van der Waals surface area (Å²) in [7, 11) is 0. The molecule has 16 heavy (non-hydrogen) atoms. The molecule has 0 aliphatic rings. The summed E-state index contributed by atoms with van der Waals surface area (Å²) in [6.45, 7) is 7.15. The maximum Gasteiger partial charge on any atom is 0.123 e. The van der Waals surface area contributed by atoms with Gasteiger partial charge in [0.2, 0.25) is 0 Å². The summed E-state index contributed by atoms with van der Waals surface area (Å²) < 4.78 is 3.15. The number of nitrogens with zero attached hydrogens (tertiary/aromatic N) is 2. The normalized spacial score (nSPS) is 10.9. The highest BCUT2D eigenvalue weighted by atomic mass is 79.9. The molecule has 0 unspecified atom stereocenters. The predicted octanol–water partition coefficient (Wildman–Crippen LogP) is 2.83. The Hall–Kier alpha value is -1.13. The Kier molecular flexibility index (Phi) is 3.12. The number of nitrogens with two attached hydrogens (primary N) is 1. The van der Waals surface area contributed by atoms with Gasteiger partial charge in [0.05, 0.1) is 17.6 Å². The Morgan fingerprint density at radius 3 is 2.94 bits per heavy atom. The van der Waals surface area contributed by atoms with Crippen LogP contribution in [0.15, 0.2) is 34.8 Å². The van der Waals surface area contributed by atoms with E-state index in [1.54, 1.807) is 0 Å². The van der Waals surface area contributed by atoms with Gasteiger partial charge in [-0.15, -0.1) is 0 Å². The van der Waals surface area contributed by atoms with Gasteiger partial charge in [0, 0.05) is 11.0 Å². The van der Waals surface area contributed by atoms with E-state index in [1.165, 1.54) is 0 Å². The topological polar surface area (TPSA) is 43.8 Å². The molecule has 2 N–H and O–H groups in total. The summed E-state index contributed by atoms with van der Waals surface area (Å²) in [5.74, 6) is 0.899. The van der Waals surface area contributed by atoms with Crippen LogP contribution in [0.25, 0.3) is 11.0 Å². The lowest BCUT2D eigenvalue weighted by atomic mass is 10.3. The minimum absolute atomic E-state index is 0.444. The number of hydrogen-bond donors (Lipinski definition) is 1. The van der Waals surface area contributed by atoms with E-state index in [4.69, 9.17) is 5.73 Å². The fourth-order valence-electron chi connectivity index (χ4n) is 1.76. The van der Waals surface area contributed by atoms with Crippen LogP contribution in [-0.4, -0.2) is 9.55 Å². The van der Waals surface area contributed by atoms with Crippen LogP contribution in [-0.2, 0) is 13.1 Å². The number of halogens is 1. The number of rotatable bonds is 3. The molecule has 0 aliphatic heterocycles. The Labute approximate surface area is 103 Å². The van der Waals surface area contributed by atoms with Gasteiger partial charge in [-0.3, -0.25) is 0 Å². The molecular weight excluding hydrogens is 266 g/mol. The van der Waals surface area contributed by atoms with E-state index in [-0.39, 0.29) is 0 Å². The molecule has 0 atom stereocenters. The third-order valence-corrected chi connectivity index (χ3v) is 2.89. The third-order valence-electron chi connectivity index (χ3n) is 2.40. The molecule has 1 aromatic heterocycles. The molecule has 84 valence electrons. The van der Waals surface area contributed by atoms with Gasteiger partial charge in [0.15, 0.2) is 0 Å². The van der Waals surface area contributed by atoms with Gasteiger partial charge in [-0.05, 0) is 25.1 Å². The Morgan fingerprint density at radius 2 is 2.31 bits per heavy atom. The molecule has 0 bridgehead atoms. The van der Waals surface area contributed by atoms with E-state index >= 15 is 0 Å². The molecule has 1 aromatic carbocycles. The SMILES string of the molecule is C=C(C)Cn1c(CN)nc2cc(Br)ccc21. The summed E-state index contributed by atoms with van der Waals surface area (Å²) in [5, 5.41) is 0. The van der Waals surface area contributed by atoms with Crippen LogP contribution in [0, 0.1) is 0 Å². The van der Waals surface area contributed by atoms with E-state index in [2.05, 4.69) is 38.1 Å². The molecular formula is C12H14BrN3. The van der Waals surface area contributed by atoms with Crippen LogP contribution in [0.1, 0.15) is 12.7 Å². The van der Waals surface area contributed by atoms with Gasteiger partial charge in [-0.1, -0.05) is 28.1 Å². The average molecular weight is 280 g/mol. The minimum atomic E-state index is 0.444. The second-order valence-corrected chi connectivity index (χ2v) is 4.82. The van der Waals surface area contributed by atoms with Crippen molar-refractivity contribution in [2.24, 2.45) is 5.73 Å². The van der Waals surface area contributed by atoms with Crippen LogP contribution < -0.4 is 5.73 Å². The number of imidazole rings is 1. The molecule has 0 aliphatic carbocycles. The number of aromatic nitrogens is 2. The molecule has 4 heteroatoms. The van der Waals surface area contributed by atoms with Crippen molar-refractivity contribution in [3.05, 3.63) is 40.6 Å². The second kappa shape index (κ2) is 4.39. The number of hydrogen-bond acceptors (Lipinski definition) is 2. The molecule has 0 fully saturated rings. The number of fused-ring (bicyclic) bond motifs is 1.